The van der Waals surface area contributed by atoms with Crippen LogP contribution in [-0.4, -0.2) is 5.91 Å². The van der Waals surface area contributed by atoms with Gasteiger partial charge in [0.05, 0.1) is 6.42 Å². The fourth-order valence-electron chi connectivity index (χ4n) is 4.68. The molecular weight excluding hydrogens is 354 g/mol. The number of nitrogens with one attached hydrogen (secondary N) is 1. The van der Waals surface area contributed by atoms with Crippen LogP contribution in [0, 0.1) is 28.1 Å². The molecule has 0 spiro atoms. The van der Waals surface area contributed by atoms with Gasteiger partial charge in [0.15, 0.2) is 0 Å². The third-order valence-corrected chi connectivity index (χ3v) is 7.13. The summed E-state index contributed by atoms with van der Waals surface area (Å²) >= 11 is 0. The van der Waals surface area contributed by atoms with Crippen molar-refractivity contribution in [2.24, 2.45) is 28.1 Å². The van der Waals surface area contributed by atoms with Gasteiger partial charge in [0, 0.05) is 6.20 Å². The molecule has 0 saturated heterocycles. The Morgan fingerprint density at radius 2 is 1.07 bits per heavy atom. The van der Waals surface area contributed by atoms with E-state index in [1.54, 1.807) is 0 Å². The molecule has 0 radical (unpaired) electrons. The van der Waals surface area contributed by atoms with Gasteiger partial charge in [0.25, 0.3) is 0 Å². The Bertz CT molecular complexity index is 512. The summed E-state index contributed by atoms with van der Waals surface area (Å²) in [4.78, 5) is 10.7. The van der Waals surface area contributed by atoms with Crippen LogP contribution >= 0.6 is 0 Å². The summed E-state index contributed by atoms with van der Waals surface area (Å²) in [7, 11) is 0. The van der Waals surface area contributed by atoms with Crippen molar-refractivity contribution < 1.29 is 4.79 Å². The lowest BCUT2D eigenvalue weighted by Gasteiger charge is -2.33. The molecule has 1 N–H and O–H groups in total. The summed E-state index contributed by atoms with van der Waals surface area (Å²) < 4.78 is 0. The van der Waals surface area contributed by atoms with Crippen molar-refractivity contribution in [3.8, 4) is 0 Å². The van der Waals surface area contributed by atoms with Crippen molar-refractivity contribution in [1.29, 1.82) is 0 Å². The van der Waals surface area contributed by atoms with Crippen molar-refractivity contribution in [2.75, 3.05) is 0 Å². The van der Waals surface area contributed by atoms with Crippen molar-refractivity contribution in [3.05, 3.63) is 11.8 Å². The first-order valence-electron chi connectivity index (χ1n) is 12.2. The maximum Gasteiger partial charge on any atom is 0.228 e. The molecule has 2 fully saturated rings. The van der Waals surface area contributed by atoms with Crippen LogP contribution in [0.3, 0.4) is 0 Å². The number of hydrogen-bond acceptors (Lipinski definition) is 1. The molecule has 2 nitrogen and oxygen atoms in total. The van der Waals surface area contributed by atoms with Gasteiger partial charge in [-0.15, -0.1) is 0 Å². The SMILES string of the molecule is CC(C)(C)C1=CNC(=O)C1.CC(C)(C)C1CCCC1.CC(C)(C)C1CCCCC1. The summed E-state index contributed by atoms with van der Waals surface area (Å²) in [6.07, 6.45) is 15.7. The zero-order valence-electron chi connectivity index (χ0n) is 21.2. The first-order valence-corrected chi connectivity index (χ1v) is 12.2. The van der Waals surface area contributed by atoms with Crippen LogP contribution in [0.25, 0.3) is 0 Å². The van der Waals surface area contributed by atoms with E-state index in [0.717, 1.165) is 11.8 Å². The second kappa shape index (κ2) is 11.0. The topological polar surface area (TPSA) is 29.1 Å². The van der Waals surface area contributed by atoms with Crippen LogP contribution in [0.5, 0.6) is 0 Å². The fraction of sp³-hybridized carbons (Fsp3) is 0.889. The van der Waals surface area contributed by atoms with Gasteiger partial charge >= 0.3 is 0 Å². The van der Waals surface area contributed by atoms with E-state index in [0.29, 0.717) is 17.3 Å². The lowest BCUT2D eigenvalue weighted by molar-refractivity contribution is -0.118. The number of rotatable bonds is 0. The Balaban J connectivity index is 0.000000218. The number of amides is 1. The van der Waals surface area contributed by atoms with Gasteiger partial charge in [-0.2, -0.15) is 0 Å². The average molecular weight is 406 g/mol. The third-order valence-electron chi connectivity index (χ3n) is 7.13. The van der Waals surface area contributed by atoms with Gasteiger partial charge in [-0.1, -0.05) is 94.4 Å². The molecule has 0 unspecified atom stereocenters. The average Bonchev–Trinajstić information content (AvgIpc) is 3.26. The normalized spacial score (nSPS) is 21.6. The number of hydrogen-bond donors (Lipinski definition) is 1. The van der Waals surface area contributed by atoms with Crippen molar-refractivity contribution in [3.63, 3.8) is 0 Å². The summed E-state index contributed by atoms with van der Waals surface area (Å²) in [5.41, 5.74) is 2.48. The second-order valence-corrected chi connectivity index (χ2v) is 12.7. The highest BCUT2D eigenvalue weighted by molar-refractivity contribution is 5.82. The Labute approximate surface area is 182 Å². The first-order chi connectivity index (χ1) is 13.2. The summed E-state index contributed by atoms with van der Waals surface area (Å²) in [5, 5.41) is 2.68. The molecule has 1 aliphatic heterocycles. The van der Waals surface area contributed by atoms with Crippen molar-refractivity contribution >= 4 is 5.91 Å². The molecule has 3 aliphatic rings. The van der Waals surface area contributed by atoms with E-state index < -0.39 is 0 Å². The van der Waals surface area contributed by atoms with Gasteiger partial charge < -0.3 is 5.32 Å². The maximum absolute atomic E-state index is 10.7. The second-order valence-electron chi connectivity index (χ2n) is 12.7. The molecule has 0 aromatic carbocycles. The van der Waals surface area contributed by atoms with Crippen LogP contribution in [0.2, 0.25) is 0 Å². The van der Waals surface area contributed by atoms with Gasteiger partial charge in [-0.3, -0.25) is 4.79 Å². The molecule has 0 aromatic rings. The van der Waals surface area contributed by atoms with E-state index >= 15 is 0 Å². The quantitative estimate of drug-likeness (QED) is 0.431. The molecule has 1 amide bonds. The highest BCUT2D eigenvalue weighted by Gasteiger charge is 2.27. The highest BCUT2D eigenvalue weighted by Crippen LogP contribution is 2.39. The minimum absolute atomic E-state index is 0.116. The zero-order valence-corrected chi connectivity index (χ0v) is 21.2. The van der Waals surface area contributed by atoms with Crippen LogP contribution in [-0.2, 0) is 4.79 Å². The predicted octanol–water partition coefficient (Wildman–Crippen LogP) is 8.27. The molecule has 29 heavy (non-hydrogen) atoms. The fourth-order valence-corrected chi connectivity index (χ4v) is 4.68. The van der Waals surface area contributed by atoms with Gasteiger partial charge in [0.1, 0.15) is 0 Å². The number of carbonyl (C=O) groups is 1. The Kier molecular flexibility index (Phi) is 9.96. The molecule has 0 aromatic heterocycles. The number of carbonyl (C=O) groups excluding carboxylic acids is 1. The Hall–Kier alpha value is -0.790. The van der Waals surface area contributed by atoms with Gasteiger partial charge in [0.2, 0.25) is 5.91 Å². The van der Waals surface area contributed by atoms with E-state index in [9.17, 15) is 4.79 Å². The minimum atomic E-state index is 0.116. The minimum Gasteiger partial charge on any atom is -0.332 e. The monoisotopic (exact) mass is 405 g/mol. The van der Waals surface area contributed by atoms with E-state index in [4.69, 9.17) is 0 Å². The lowest BCUT2D eigenvalue weighted by Crippen LogP contribution is -2.22. The van der Waals surface area contributed by atoms with E-state index in [2.05, 4.69) is 67.6 Å². The van der Waals surface area contributed by atoms with Crippen molar-refractivity contribution in [2.45, 2.75) is 127 Å². The molecule has 2 heteroatoms. The molecule has 1 heterocycles. The maximum atomic E-state index is 10.7. The third kappa shape index (κ3) is 10.2. The summed E-state index contributed by atoms with van der Waals surface area (Å²) in [6.45, 7) is 20.6. The lowest BCUT2D eigenvalue weighted by atomic mass is 9.72. The molecule has 2 aliphatic carbocycles. The van der Waals surface area contributed by atoms with Crippen LogP contribution in [0.4, 0.5) is 0 Å². The smallest absolute Gasteiger partial charge is 0.228 e. The highest BCUT2D eigenvalue weighted by atomic mass is 16.1. The molecule has 0 bridgehead atoms. The molecular formula is C27H51NO. The van der Waals surface area contributed by atoms with E-state index in [1.165, 1.54) is 63.4 Å². The van der Waals surface area contributed by atoms with Gasteiger partial charge in [-0.25, -0.2) is 0 Å². The summed E-state index contributed by atoms with van der Waals surface area (Å²) in [6, 6.07) is 0. The molecule has 2 saturated carbocycles. The predicted molar refractivity (Wildman–Crippen MR) is 128 cm³/mol. The Morgan fingerprint density at radius 1 is 0.690 bits per heavy atom. The van der Waals surface area contributed by atoms with Crippen molar-refractivity contribution in [1.82, 2.24) is 5.32 Å². The van der Waals surface area contributed by atoms with Crippen LogP contribution < -0.4 is 5.32 Å². The van der Waals surface area contributed by atoms with Crippen LogP contribution in [0.1, 0.15) is 127 Å². The van der Waals surface area contributed by atoms with E-state index in [-0.39, 0.29) is 11.3 Å². The first kappa shape index (κ1) is 26.2. The largest absolute Gasteiger partial charge is 0.332 e. The molecule has 0 atom stereocenters. The summed E-state index contributed by atoms with van der Waals surface area (Å²) in [5.74, 6) is 2.13. The Morgan fingerprint density at radius 3 is 1.28 bits per heavy atom. The van der Waals surface area contributed by atoms with Gasteiger partial charge in [-0.05, 0) is 59.3 Å². The van der Waals surface area contributed by atoms with Crippen LogP contribution in [0.15, 0.2) is 11.8 Å². The molecule has 170 valence electrons. The molecule has 3 rings (SSSR count). The van der Waals surface area contributed by atoms with E-state index in [1.807, 2.05) is 6.20 Å². The standard InChI is InChI=1S/C10H20.C9H18.C8H13NO/c1-10(2,3)9-7-5-4-6-8-9;1-9(2,3)8-6-4-5-7-8;1-8(2,3)6-4-7(10)9-5-6/h9H,4-8H2,1-3H3;8H,4-7H2,1-3H3;5H,4H2,1-3H3,(H,9,10). The zero-order chi connectivity index (χ0) is 22.3.